The van der Waals surface area contributed by atoms with E-state index >= 15 is 0 Å². The number of esters is 1. The molecule has 0 spiro atoms. The summed E-state index contributed by atoms with van der Waals surface area (Å²) in [5.41, 5.74) is 0.400. The van der Waals surface area contributed by atoms with Crippen LogP contribution in [0.15, 0.2) is 24.3 Å². The van der Waals surface area contributed by atoms with Gasteiger partial charge in [0.2, 0.25) is 0 Å². The van der Waals surface area contributed by atoms with Crippen LogP contribution in [0, 0.1) is 11.8 Å². The second-order valence-corrected chi connectivity index (χ2v) is 7.99. The number of ether oxygens (including phenoxy) is 3. The fourth-order valence-corrected chi connectivity index (χ4v) is 3.90. The average molecular weight is 389 g/mol. The Morgan fingerprint density at radius 1 is 1.11 bits per heavy atom. The molecule has 6 nitrogen and oxygen atoms in total. The molecule has 0 bridgehead atoms. The SMILES string of the molecule is C[C@H]1[C@H](C)CCC[C@@H]1NC(=O)COC(=O)c1ccc(OC[C@H]2CCCO2)cc1. The Hall–Kier alpha value is -2.08. The van der Waals surface area contributed by atoms with Crippen LogP contribution < -0.4 is 10.1 Å². The molecule has 1 saturated carbocycles. The van der Waals surface area contributed by atoms with Gasteiger partial charge in [-0.25, -0.2) is 4.79 Å². The number of hydrogen-bond acceptors (Lipinski definition) is 5. The zero-order valence-corrected chi connectivity index (χ0v) is 16.8. The third-order valence-corrected chi connectivity index (χ3v) is 5.94. The topological polar surface area (TPSA) is 73.9 Å². The van der Waals surface area contributed by atoms with E-state index in [-0.39, 0.29) is 24.7 Å². The molecule has 2 aliphatic rings. The summed E-state index contributed by atoms with van der Waals surface area (Å²) in [7, 11) is 0. The molecule has 1 N–H and O–H groups in total. The quantitative estimate of drug-likeness (QED) is 0.724. The Balaban J connectivity index is 1.40. The highest BCUT2D eigenvalue weighted by atomic mass is 16.5. The number of rotatable bonds is 7. The van der Waals surface area contributed by atoms with E-state index in [0.29, 0.717) is 29.8 Å². The molecule has 28 heavy (non-hydrogen) atoms. The fourth-order valence-electron chi connectivity index (χ4n) is 3.90. The third-order valence-electron chi connectivity index (χ3n) is 5.94. The summed E-state index contributed by atoms with van der Waals surface area (Å²) in [5.74, 6) is 0.977. The van der Waals surface area contributed by atoms with Crippen LogP contribution in [0.5, 0.6) is 5.75 Å². The number of hydrogen-bond donors (Lipinski definition) is 1. The summed E-state index contributed by atoms with van der Waals surface area (Å²) in [4.78, 5) is 24.3. The number of carbonyl (C=O) groups excluding carboxylic acids is 2. The van der Waals surface area contributed by atoms with Crippen molar-refractivity contribution in [2.24, 2.45) is 11.8 Å². The second-order valence-electron chi connectivity index (χ2n) is 7.99. The summed E-state index contributed by atoms with van der Waals surface area (Å²) < 4.78 is 16.4. The number of nitrogens with one attached hydrogen (secondary N) is 1. The van der Waals surface area contributed by atoms with Crippen molar-refractivity contribution in [1.82, 2.24) is 5.32 Å². The summed E-state index contributed by atoms with van der Waals surface area (Å²) >= 11 is 0. The predicted molar refractivity (Wildman–Crippen MR) is 105 cm³/mol. The highest BCUT2D eigenvalue weighted by Crippen LogP contribution is 2.29. The third kappa shape index (κ3) is 5.71. The lowest BCUT2D eigenvalue weighted by molar-refractivity contribution is -0.125. The lowest BCUT2D eigenvalue weighted by Gasteiger charge is -2.34. The van der Waals surface area contributed by atoms with E-state index < -0.39 is 5.97 Å². The Bertz CT molecular complexity index is 653. The van der Waals surface area contributed by atoms with Crippen LogP contribution in [-0.4, -0.2) is 43.8 Å². The van der Waals surface area contributed by atoms with Crippen LogP contribution in [0.1, 0.15) is 56.3 Å². The molecule has 154 valence electrons. The van der Waals surface area contributed by atoms with Crippen molar-refractivity contribution in [3.8, 4) is 5.75 Å². The van der Waals surface area contributed by atoms with Gasteiger partial charge in [-0.2, -0.15) is 0 Å². The van der Waals surface area contributed by atoms with E-state index in [1.54, 1.807) is 24.3 Å². The molecule has 1 aliphatic carbocycles. The molecular formula is C22H31NO5. The van der Waals surface area contributed by atoms with Crippen molar-refractivity contribution >= 4 is 11.9 Å². The minimum Gasteiger partial charge on any atom is -0.491 e. The molecule has 1 heterocycles. The van der Waals surface area contributed by atoms with Crippen LogP contribution in [-0.2, 0) is 14.3 Å². The van der Waals surface area contributed by atoms with Gasteiger partial charge in [-0.1, -0.05) is 26.7 Å². The number of amides is 1. The Kier molecular flexibility index (Phi) is 7.31. The lowest BCUT2D eigenvalue weighted by atomic mass is 9.78. The number of benzene rings is 1. The first-order chi connectivity index (χ1) is 13.5. The molecule has 2 fully saturated rings. The smallest absolute Gasteiger partial charge is 0.338 e. The minimum atomic E-state index is -0.508. The van der Waals surface area contributed by atoms with Gasteiger partial charge in [0.25, 0.3) is 5.91 Å². The van der Waals surface area contributed by atoms with Gasteiger partial charge in [0.05, 0.1) is 11.7 Å². The van der Waals surface area contributed by atoms with Crippen LogP contribution in [0.25, 0.3) is 0 Å². The molecule has 0 radical (unpaired) electrons. The Morgan fingerprint density at radius 2 is 1.89 bits per heavy atom. The van der Waals surface area contributed by atoms with E-state index in [0.717, 1.165) is 32.3 Å². The molecule has 1 aromatic carbocycles. The van der Waals surface area contributed by atoms with Crippen LogP contribution in [0.4, 0.5) is 0 Å². The molecule has 1 aromatic rings. The zero-order chi connectivity index (χ0) is 19.9. The van der Waals surface area contributed by atoms with Gasteiger partial charge < -0.3 is 19.5 Å². The van der Waals surface area contributed by atoms with E-state index in [4.69, 9.17) is 14.2 Å². The first-order valence-corrected chi connectivity index (χ1v) is 10.3. The molecule has 0 unspecified atom stereocenters. The highest BCUT2D eigenvalue weighted by Gasteiger charge is 2.28. The maximum Gasteiger partial charge on any atom is 0.338 e. The molecule has 6 heteroatoms. The molecule has 1 saturated heterocycles. The van der Waals surface area contributed by atoms with Crippen molar-refractivity contribution in [1.29, 1.82) is 0 Å². The van der Waals surface area contributed by atoms with Gasteiger partial charge in [0.15, 0.2) is 6.61 Å². The predicted octanol–water partition coefficient (Wildman–Crippen LogP) is 3.34. The van der Waals surface area contributed by atoms with E-state index in [2.05, 4.69) is 19.2 Å². The summed E-state index contributed by atoms with van der Waals surface area (Å²) in [6.45, 7) is 5.45. The largest absolute Gasteiger partial charge is 0.491 e. The zero-order valence-electron chi connectivity index (χ0n) is 16.8. The maximum atomic E-state index is 12.2. The molecule has 1 aliphatic heterocycles. The first kappa shape index (κ1) is 20.6. The number of carbonyl (C=O) groups is 2. The molecule has 0 aromatic heterocycles. The summed E-state index contributed by atoms with van der Waals surface area (Å²) in [5, 5.41) is 3.01. The Morgan fingerprint density at radius 3 is 2.61 bits per heavy atom. The Labute approximate surface area is 166 Å². The standard InChI is InChI=1S/C22H31NO5/c1-15-5-3-7-20(16(15)2)23-21(24)14-28-22(25)17-8-10-18(11-9-17)27-13-19-6-4-12-26-19/h8-11,15-16,19-20H,3-7,12-14H2,1-2H3,(H,23,24)/t15-,16+,19-,20+/m1/s1. The summed E-state index contributed by atoms with van der Waals surface area (Å²) in [6, 6.07) is 6.93. The molecular weight excluding hydrogens is 358 g/mol. The van der Waals surface area contributed by atoms with Crippen molar-refractivity contribution in [3.63, 3.8) is 0 Å². The van der Waals surface area contributed by atoms with Gasteiger partial charge in [-0.3, -0.25) is 4.79 Å². The maximum absolute atomic E-state index is 12.2. The lowest BCUT2D eigenvalue weighted by Crippen LogP contribution is -2.45. The fraction of sp³-hybridized carbons (Fsp3) is 0.636. The van der Waals surface area contributed by atoms with Gasteiger partial charge in [-0.15, -0.1) is 0 Å². The first-order valence-electron chi connectivity index (χ1n) is 10.3. The van der Waals surface area contributed by atoms with Gasteiger partial charge in [0, 0.05) is 12.6 Å². The van der Waals surface area contributed by atoms with Crippen LogP contribution >= 0.6 is 0 Å². The van der Waals surface area contributed by atoms with Crippen molar-refractivity contribution in [2.45, 2.75) is 58.1 Å². The van der Waals surface area contributed by atoms with Crippen molar-refractivity contribution in [3.05, 3.63) is 29.8 Å². The van der Waals surface area contributed by atoms with E-state index in [1.807, 2.05) is 0 Å². The molecule has 1 amide bonds. The normalized spacial score (nSPS) is 27.2. The van der Waals surface area contributed by atoms with Gasteiger partial charge >= 0.3 is 5.97 Å². The van der Waals surface area contributed by atoms with E-state index in [1.165, 1.54) is 6.42 Å². The molecule has 4 atom stereocenters. The van der Waals surface area contributed by atoms with Gasteiger partial charge in [-0.05, 0) is 55.4 Å². The highest BCUT2D eigenvalue weighted by molar-refractivity contribution is 5.91. The van der Waals surface area contributed by atoms with Crippen LogP contribution in [0.2, 0.25) is 0 Å². The minimum absolute atomic E-state index is 0.151. The van der Waals surface area contributed by atoms with Crippen molar-refractivity contribution < 1.29 is 23.8 Å². The molecule has 3 rings (SSSR count). The average Bonchev–Trinajstić information content (AvgIpc) is 3.22. The second kappa shape index (κ2) is 9.92. The van der Waals surface area contributed by atoms with Crippen molar-refractivity contribution in [2.75, 3.05) is 19.8 Å². The van der Waals surface area contributed by atoms with Crippen LogP contribution in [0.3, 0.4) is 0 Å². The monoisotopic (exact) mass is 389 g/mol. The summed E-state index contributed by atoms with van der Waals surface area (Å²) in [6.07, 6.45) is 5.56. The van der Waals surface area contributed by atoms with Gasteiger partial charge in [0.1, 0.15) is 12.4 Å². The van der Waals surface area contributed by atoms with E-state index in [9.17, 15) is 9.59 Å².